The van der Waals surface area contributed by atoms with Crippen LogP contribution in [0.4, 0.5) is 0 Å². The Balaban J connectivity index is 1.94. The molecule has 1 atom stereocenters. The Morgan fingerprint density at radius 3 is 2.00 bits per heavy atom. The lowest BCUT2D eigenvalue weighted by Crippen LogP contribution is -2.53. The van der Waals surface area contributed by atoms with Crippen LogP contribution in [0.2, 0.25) is 10.0 Å². The highest BCUT2D eigenvalue weighted by Crippen LogP contribution is 2.20. The molecule has 0 radical (unpaired) electrons. The van der Waals surface area contributed by atoms with Gasteiger partial charge in [-0.1, -0.05) is 65.7 Å². The summed E-state index contributed by atoms with van der Waals surface area (Å²) in [5.41, 5.74) is 1.62. The van der Waals surface area contributed by atoms with Gasteiger partial charge in [-0.05, 0) is 54.4 Å². The second kappa shape index (κ2) is 13.1. The highest BCUT2D eigenvalue weighted by atomic mass is 35.5. The summed E-state index contributed by atoms with van der Waals surface area (Å²) >= 11 is 11.9. The normalized spacial score (nSPS) is 12.2. The molecule has 0 aliphatic heterocycles. The summed E-state index contributed by atoms with van der Waals surface area (Å²) in [5, 5.41) is 3.75. The van der Waals surface area contributed by atoms with Gasteiger partial charge in [0.25, 0.3) is 0 Å². The van der Waals surface area contributed by atoms with Gasteiger partial charge >= 0.3 is 0 Å². The van der Waals surface area contributed by atoms with E-state index in [1.807, 2.05) is 30.3 Å². The van der Waals surface area contributed by atoms with E-state index in [0.29, 0.717) is 16.6 Å². The minimum Gasteiger partial charge on any atom is -0.355 e. The Bertz CT molecular complexity index is 1300. The molecule has 7 nitrogen and oxygen atoms in total. The van der Waals surface area contributed by atoms with Gasteiger partial charge in [0.05, 0.1) is 11.4 Å². The summed E-state index contributed by atoms with van der Waals surface area (Å²) in [7, 11) is -2.63. The van der Waals surface area contributed by atoms with Crippen LogP contribution in [0.5, 0.6) is 0 Å². The van der Waals surface area contributed by atoms with Crippen LogP contribution in [-0.2, 0) is 32.6 Å². The van der Waals surface area contributed by atoms with Crippen LogP contribution in [-0.4, -0.2) is 55.6 Å². The van der Waals surface area contributed by atoms with Crippen molar-refractivity contribution < 1.29 is 18.0 Å². The van der Waals surface area contributed by atoms with Crippen molar-refractivity contribution in [2.45, 2.75) is 30.8 Å². The van der Waals surface area contributed by atoms with E-state index in [9.17, 15) is 18.0 Å². The molecule has 10 heteroatoms. The quantitative estimate of drug-likeness (QED) is 0.376. The van der Waals surface area contributed by atoms with Gasteiger partial charge < -0.3 is 10.2 Å². The first-order chi connectivity index (χ1) is 17.6. The number of halogens is 2. The van der Waals surface area contributed by atoms with E-state index >= 15 is 0 Å². The van der Waals surface area contributed by atoms with Crippen molar-refractivity contribution in [3.8, 4) is 0 Å². The Morgan fingerprint density at radius 2 is 1.43 bits per heavy atom. The number of carbonyl (C=O) groups excluding carboxylic acids is 2. The molecule has 0 bridgehead atoms. The molecule has 3 rings (SSSR count). The maximum absolute atomic E-state index is 13.7. The average molecular weight is 563 g/mol. The monoisotopic (exact) mass is 561 g/mol. The first-order valence-electron chi connectivity index (χ1n) is 11.7. The molecule has 37 heavy (non-hydrogen) atoms. The highest BCUT2D eigenvalue weighted by Gasteiger charge is 2.32. The zero-order chi connectivity index (χ0) is 27.0. The first-order valence-corrected chi connectivity index (χ1v) is 13.9. The molecule has 0 unspecified atom stereocenters. The number of sulfonamides is 1. The molecule has 0 heterocycles. The summed E-state index contributed by atoms with van der Waals surface area (Å²) in [6.45, 7) is 1.83. The van der Waals surface area contributed by atoms with E-state index in [2.05, 4.69) is 5.32 Å². The predicted octanol–water partition coefficient (Wildman–Crippen LogP) is 4.39. The Morgan fingerprint density at radius 1 is 0.865 bits per heavy atom. The van der Waals surface area contributed by atoms with E-state index in [1.165, 1.54) is 36.2 Å². The molecule has 2 amide bonds. The summed E-state index contributed by atoms with van der Waals surface area (Å²) in [6, 6.07) is 21.2. The maximum atomic E-state index is 13.7. The van der Waals surface area contributed by atoms with E-state index in [4.69, 9.17) is 23.2 Å². The van der Waals surface area contributed by atoms with E-state index < -0.39 is 28.5 Å². The fourth-order valence-corrected chi connectivity index (χ4v) is 5.16. The topological polar surface area (TPSA) is 86.8 Å². The van der Waals surface area contributed by atoms with Gasteiger partial charge in [-0.3, -0.25) is 9.59 Å². The van der Waals surface area contributed by atoms with E-state index in [1.54, 1.807) is 31.2 Å². The van der Waals surface area contributed by atoms with E-state index in [-0.39, 0.29) is 23.8 Å². The molecule has 196 valence electrons. The number of likely N-dealkylation sites (N-methyl/N-ethyl adjacent to an activating group) is 2. The summed E-state index contributed by atoms with van der Waals surface area (Å²) in [5.74, 6) is -0.834. The molecule has 0 spiro atoms. The molecule has 0 fully saturated rings. The molecule has 0 saturated carbocycles. The lowest BCUT2D eigenvalue weighted by Gasteiger charge is -2.32. The van der Waals surface area contributed by atoms with Gasteiger partial charge in [0.15, 0.2) is 0 Å². The van der Waals surface area contributed by atoms with Gasteiger partial charge in [-0.25, -0.2) is 8.42 Å². The number of nitrogens with one attached hydrogen (secondary N) is 1. The van der Waals surface area contributed by atoms with Crippen molar-refractivity contribution >= 4 is 45.0 Å². The lowest BCUT2D eigenvalue weighted by molar-refractivity contribution is -0.141. The number of hydrogen-bond donors (Lipinski definition) is 1. The first kappa shape index (κ1) is 28.7. The van der Waals surface area contributed by atoms with Crippen LogP contribution < -0.4 is 5.32 Å². The number of benzene rings is 3. The molecule has 0 aliphatic rings. The predicted molar refractivity (Wildman–Crippen MR) is 146 cm³/mol. The van der Waals surface area contributed by atoms with Crippen LogP contribution >= 0.6 is 23.2 Å². The van der Waals surface area contributed by atoms with Gasteiger partial charge in [0.2, 0.25) is 21.8 Å². The fraction of sp³-hybridized carbons (Fsp3) is 0.259. The van der Waals surface area contributed by atoms with Crippen molar-refractivity contribution in [3.63, 3.8) is 0 Å². The Hall–Kier alpha value is -2.91. The molecular formula is C27H29Cl2N3O4S. The van der Waals surface area contributed by atoms with Crippen molar-refractivity contribution in [2.75, 3.05) is 20.1 Å². The molecule has 0 aromatic heterocycles. The molecule has 0 saturated heterocycles. The third-order valence-corrected chi connectivity index (χ3v) is 8.09. The van der Waals surface area contributed by atoms with Crippen molar-refractivity contribution in [1.82, 2.24) is 14.5 Å². The third-order valence-electron chi connectivity index (χ3n) is 5.77. The third kappa shape index (κ3) is 7.79. The number of rotatable bonds is 11. The minimum absolute atomic E-state index is 0.0148. The van der Waals surface area contributed by atoms with Gasteiger partial charge in [-0.2, -0.15) is 4.31 Å². The summed E-state index contributed by atoms with van der Waals surface area (Å²) < 4.78 is 27.2. The van der Waals surface area contributed by atoms with Gasteiger partial charge in [0, 0.05) is 36.6 Å². The maximum Gasteiger partial charge on any atom is 0.243 e. The molecule has 1 N–H and O–H groups in total. The largest absolute Gasteiger partial charge is 0.355 e. The van der Waals surface area contributed by atoms with Crippen LogP contribution in [0.25, 0.3) is 0 Å². The number of amides is 2. The van der Waals surface area contributed by atoms with E-state index in [0.717, 1.165) is 15.4 Å². The van der Waals surface area contributed by atoms with Crippen molar-refractivity contribution in [3.05, 3.63) is 100 Å². The Kier molecular flexibility index (Phi) is 10.1. The average Bonchev–Trinajstić information content (AvgIpc) is 2.88. The zero-order valence-electron chi connectivity index (χ0n) is 20.6. The second-order valence-electron chi connectivity index (χ2n) is 8.46. The molecular weight excluding hydrogens is 533 g/mol. The lowest BCUT2D eigenvalue weighted by atomic mass is 10.0. The fourth-order valence-electron chi connectivity index (χ4n) is 3.79. The zero-order valence-corrected chi connectivity index (χ0v) is 22.9. The van der Waals surface area contributed by atoms with Crippen LogP contribution in [0, 0.1) is 0 Å². The van der Waals surface area contributed by atoms with Gasteiger partial charge in [0.1, 0.15) is 6.04 Å². The standard InChI is InChI=1S/C27H29Cl2N3O4S/c1-3-30-27(34)25(17-20-7-5-4-6-8-20)32(18-21-9-11-22(28)12-10-21)26(33)19-31(2)37(35,36)24-15-13-23(29)14-16-24/h4-16,25H,3,17-19H2,1-2H3,(H,30,34)/t25-/m1/s1. The van der Waals surface area contributed by atoms with Crippen molar-refractivity contribution in [1.29, 1.82) is 0 Å². The SMILES string of the molecule is CCNC(=O)[C@@H](Cc1ccccc1)N(Cc1ccc(Cl)cc1)C(=O)CN(C)S(=O)(=O)c1ccc(Cl)cc1. The molecule has 3 aromatic rings. The molecule has 3 aromatic carbocycles. The highest BCUT2D eigenvalue weighted by molar-refractivity contribution is 7.89. The van der Waals surface area contributed by atoms with Crippen LogP contribution in [0.1, 0.15) is 18.1 Å². The summed E-state index contributed by atoms with van der Waals surface area (Å²) in [6.07, 6.45) is 0.264. The van der Waals surface area contributed by atoms with Crippen LogP contribution in [0.3, 0.4) is 0 Å². The smallest absolute Gasteiger partial charge is 0.243 e. The second-order valence-corrected chi connectivity index (χ2v) is 11.4. The summed E-state index contributed by atoms with van der Waals surface area (Å²) in [4.78, 5) is 28.3. The number of nitrogens with zero attached hydrogens (tertiary/aromatic N) is 2. The molecule has 0 aliphatic carbocycles. The number of hydrogen-bond acceptors (Lipinski definition) is 4. The number of carbonyl (C=O) groups is 2. The Labute approximate surface area is 228 Å². The van der Waals surface area contributed by atoms with Crippen molar-refractivity contribution in [2.24, 2.45) is 0 Å². The van der Waals surface area contributed by atoms with Gasteiger partial charge in [-0.15, -0.1) is 0 Å². The minimum atomic E-state index is -3.97. The van der Waals surface area contributed by atoms with Crippen LogP contribution in [0.15, 0.2) is 83.8 Å².